The summed E-state index contributed by atoms with van der Waals surface area (Å²) in [4.78, 5) is 4.86. The molecule has 0 amide bonds. The fourth-order valence-electron chi connectivity index (χ4n) is 5.27. The second-order valence-corrected chi connectivity index (χ2v) is 10.8. The predicted octanol–water partition coefficient (Wildman–Crippen LogP) is 5.86. The average molecular weight is 429 g/mol. The summed E-state index contributed by atoms with van der Waals surface area (Å²) in [6.45, 7) is 11.8. The van der Waals surface area contributed by atoms with Gasteiger partial charge in [-0.3, -0.25) is 9.55 Å². The maximum atomic E-state index is 9.92. The lowest BCUT2D eigenvalue weighted by atomic mass is 9.66. The van der Waals surface area contributed by atoms with E-state index in [1.165, 1.54) is 39.0 Å². The van der Waals surface area contributed by atoms with Gasteiger partial charge in [-0.1, -0.05) is 58.0 Å². The SMILES string of the molecule is Cc1cc2c(cc1C1(c3ccc(Cn4c(O)ccc4O)cn3)CC1)C(C)(C)C=CC2(C)C. The summed E-state index contributed by atoms with van der Waals surface area (Å²) >= 11 is 0. The Morgan fingerprint density at radius 2 is 1.44 bits per heavy atom. The van der Waals surface area contributed by atoms with Crippen molar-refractivity contribution in [1.29, 1.82) is 0 Å². The highest BCUT2D eigenvalue weighted by Crippen LogP contribution is 2.55. The number of pyridine rings is 1. The number of rotatable bonds is 4. The molecule has 2 aromatic heterocycles. The van der Waals surface area contributed by atoms with Crippen molar-refractivity contribution in [3.63, 3.8) is 0 Å². The first-order chi connectivity index (χ1) is 15.0. The largest absolute Gasteiger partial charge is 0.494 e. The molecule has 0 aliphatic heterocycles. The van der Waals surface area contributed by atoms with Crippen LogP contribution in [-0.2, 0) is 22.8 Å². The monoisotopic (exact) mass is 428 g/mol. The smallest absolute Gasteiger partial charge is 0.194 e. The van der Waals surface area contributed by atoms with E-state index in [4.69, 9.17) is 4.98 Å². The molecule has 166 valence electrons. The maximum Gasteiger partial charge on any atom is 0.194 e. The number of aromatic nitrogens is 2. The predicted molar refractivity (Wildman–Crippen MR) is 127 cm³/mol. The Hall–Kier alpha value is -3.01. The fourth-order valence-corrected chi connectivity index (χ4v) is 5.27. The summed E-state index contributed by atoms with van der Waals surface area (Å²) in [5.41, 5.74) is 7.68. The van der Waals surface area contributed by atoms with Crippen LogP contribution in [0.3, 0.4) is 0 Å². The van der Waals surface area contributed by atoms with E-state index in [0.717, 1.165) is 24.1 Å². The van der Waals surface area contributed by atoms with Gasteiger partial charge in [0.15, 0.2) is 11.8 Å². The molecule has 3 aromatic rings. The molecular weight excluding hydrogens is 396 g/mol. The van der Waals surface area contributed by atoms with E-state index in [1.807, 2.05) is 6.20 Å². The van der Waals surface area contributed by atoms with Crippen molar-refractivity contribution in [3.8, 4) is 11.8 Å². The fraction of sp³-hybridized carbons (Fsp3) is 0.393. The molecule has 0 bridgehead atoms. The van der Waals surface area contributed by atoms with Crippen LogP contribution in [0.25, 0.3) is 0 Å². The first kappa shape index (κ1) is 20.9. The van der Waals surface area contributed by atoms with Gasteiger partial charge in [-0.2, -0.15) is 0 Å². The highest BCUT2D eigenvalue weighted by Gasteiger charge is 2.49. The van der Waals surface area contributed by atoms with Crippen LogP contribution in [0.2, 0.25) is 0 Å². The lowest BCUT2D eigenvalue weighted by Crippen LogP contribution is -2.30. The van der Waals surface area contributed by atoms with Crippen molar-refractivity contribution in [2.75, 3.05) is 0 Å². The molecule has 1 saturated carbocycles. The van der Waals surface area contributed by atoms with Crippen molar-refractivity contribution in [2.45, 2.75) is 70.3 Å². The van der Waals surface area contributed by atoms with Crippen molar-refractivity contribution in [3.05, 3.63) is 88.3 Å². The molecule has 2 aliphatic carbocycles. The lowest BCUT2D eigenvalue weighted by molar-refractivity contribution is 0.377. The van der Waals surface area contributed by atoms with E-state index in [2.05, 4.69) is 71.0 Å². The van der Waals surface area contributed by atoms with Gasteiger partial charge in [-0.15, -0.1) is 0 Å². The Labute approximate surface area is 190 Å². The van der Waals surface area contributed by atoms with Gasteiger partial charge in [0.25, 0.3) is 0 Å². The van der Waals surface area contributed by atoms with Gasteiger partial charge < -0.3 is 10.2 Å². The molecule has 0 radical (unpaired) electrons. The lowest BCUT2D eigenvalue weighted by Gasteiger charge is -2.38. The minimum absolute atomic E-state index is 0.0153. The Bertz CT molecular complexity index is 1210. The standard InChI is InChI=1S/C28H32N2O2/c1-18-14-21-22(27(4,5)11-10-26(21,2)3)15-20(18)28(12-13-28)23-7-6-19(16-29-23)17-30-24(31)8-9-25(30)32/h6-11,14-16,31-32H,12-13,17H2,1-5H3. The zero-order valence-corrected chi connectivity index (χ0v) is 19.6. The molecule has 2 aliphatic rings. The van der Waals surface area contributed by atoms with Crippen molar-refractivity contribution in [1.82, 2.24) is 9.55 Å². The summed E-state index contributed by atoms with van der Waals surface area (Å²) < 4.78 is 1.47. The topological polar surface area (TPSA) is 58.3 Å². The Balaban J connectivity index is 1.51. The normalized spacial score (nSPS) is 19.5. The van der Waals surface area contributed by atoms with E-state index in [9.17, 15) is 10.2 Å². The quantitative estimate of drug-likeness (QED) is 0.512. The van der Waals surface area contributed by atoms with Crippen LogP contribution >= 0.6 is 0 Å². The van der Waals surface area contributed by atoms with Crippen LogP contribution < -0.4 is 0 Å². The minimum atomic E-state index is -0.0171. The van der Waals surface area contributed by atoms with Crippen LogP contribution in [-0.4, -0.2) is 19.8 Å². The molecule has 2 heterocycles. The van der Waals surface area contributed by atoms with Gasteiger partial charge in [0.05, 0.1) is 12.2 Å². The van der Waals surface area contributed by atoms with Gasteiger partial charge in [-0.05, 0) is 53.6 Å². The first-order valence-corrected chi connectivity index (χ1v) is 11.4. The first-order valence-electron chi connectivity index (χ1n) is 11.4. The molecule has 0 saturated heterocycles. The van der Waals surface area contributed by atoms with E-state index in [1.54, 1.807) is 0 Å². The zero-order valence-electron chi connectivity index (χ0n) is 19.6. The van der Waals surface area contributed by atoms with Crippen LogP contribution in [0.15, 0.2) is 54.7 Å². The Morgan fingerprint density at radius 1 is 0.844 bits per heavy atom. The van der Waals surface area contributed by atoms with Gasteiger partial charge >= 0.3 is 0 Å². The molecule has 1 aromatic carbocycles. The van der Waals surface area contributed by atoms with Crippen LogP contribution in [0.1, 0.15) is 74.0 Å². The molecule has 4 heteroatoms. The second-order valence-electron chi connectivity index (χ2n) is 10.8. The third-order valence-corrected chi connectivity index (χ3v) is 7.53. The maximum absolute atomic E-state index is 9.92. The van der Waals surface area contributed by atoms with Crippen LogP contribution in [0.5, 0.6) is 11.8 Å². The van der Waals surface area contributed by atoms with E-state index < -0.39 is 0 Å². The van der Waals surface area contributed by atoms with Gasteiger partial charge in [0, 0.05) is 34.6 Å². The second kappa shape index (κ2) is 6.74. The number of aryl methyl sites for hydroxylation is 1. The van der Waals surface area contributed by atoms with Crippen molar-refractivity contribution in [2.24, 2.45) is 0 Å². The third-order valence-electron chi connectivity index (χ3n) is 7.53. The minimum Gasteiger partial charge on any atom is -0.494 e. The number of allylic oxidation sites excluding steroid dienone is 2. The van der Waals surface area contributed by atoms with E-state index in [0.29, 0.717) is 6.54 Å². The van der Waals surface area contributed by atoms with E-state index in [-0.39, 0.29) is 28.0 Å². The van der Waals surface area contributed by atoms with Crippen LogP contribution in [0.4, 0.5) is 0 Å². The summed E-state index contributed by atoms with van der Waals surface area (Å²) in [5, 5.41) is 19.8. The van der Waals surface area contributed by atoms with Crippen molar-refractivity contribution < 1.29 is 10.2 Å². The number of hydrogen-bond acceptors (Lipinski definition) is 3. The number of hydrogen-bond donors (Lipinski definition) is 2. The zero-order chi connectivity index (χ0) is 22.9. The Morgan fingerprint density at radius 3 is 1.97 bits per heavy atom. The highest BCUT2D eigenvalue weighted by molar-refractivity contribution is 5.56. The molecule has 4 nitrogen and oxygen atoms in total. The molecular formula is C28H32N2O2. The number of benzene rings is 1. The summed E-state index contributed by atoms with van der Waals surface area (Å²) in [7, 11) is 0. The average Bonchev–Trinajstić information content (AvgIpc) is 3.49. The molecule has 0 atom stereocenters. The van der Waals surface area contributed by atoms with E-state index >= 15 is 0 Å². The number of aromatic hydroxyl groups is 2. The molecule has 2 N–H and O–H groups in total. The summed E-state index contributed by atoms with van der Waals surface area (Å²) in [6, 6.07) is 12.0. The highest BCUT2D eigenvalue weighted by atomic mass is 16.3. The molecule has 0 spiro atoms. The summed E-state index contributed by atoms with van der Waals surface area (Å²) in [5.74, 6) is 0.101. The van der Waals surface area contributed by atoms with Crippen LogP contribution in [0, 0.1) is 6.92 Å². The third kappa shape index (κ3) is 3.16. The summed E-state index contributed by atoms with van der Waals surface area (Å²) in [6.07, 6.45) is 8.79. The molecule has 32 heavy (non-hydrogen) atoms. The van der Waals surface area contributed by atoms with Gasteiger partial charge in [0.2, 0.25) is 0 Å². The molecule has 5 rings (SSSR count). The molecule has 1 fully saturated rings. The number of fused-ring (bicyclic) bond motifs is 1. The van der Waals surface area contributed by atoms with Gasteiger partial charge in [-0.25, -0.2) is 0 Å². The molecule has 0 unspecified atom stereocenters. The Kier molecular flexibility index (Phi) is 4.40. The van der Waals surface area contributed by atoms with Gasteiger partial charge in [0.1, 0.15) is 0 Å². The number of nitrogens with zero attached hydrogens (tertiary/aromatic N) is 2. The van der Waals surface area contributed by atoms with Crippen molar-refractivity contribution >= 4 is 0 Å².